The molecule has 0 aliphatic carbocycles. The van der Waals surface area contributed by atoms with Crippen LogP contribution in [0.5, 0.6) is 0 Å². The molecule has 0 aliphatic heterocycles. The molecule has 0 saturated carbocycles. The van der Waals surface area contributed by atoms with E-state index in [1.807, 2.05) is 26.0 Å². The minimum absolute atomic E-state index is 0.188. The fourth-order valence-electron chi connectivity index (χ4n) is 1.70. The van der Waals surface area contributed by atoms with Gasteiger partial charge >= 0.3 is 0 Å². The molecule has 1 heterocycles. The van der Waals surface area contributed by atoms with Crippen LogP contribution in [-0.2, 0) is 13.5 Å². The molecule has 2 rings (SSSR count). The van der Waals surface area contributed by atoms with Crippen LogP contribution in [0.4, 0.5) is 0 Å². The van der Waals surface area contributed by atoms with Crippen LogP contribution in [0.25, 0.3) is 11.4 Å². The molecule has 0 saturated heterocycles. The Morgan fingerprint density at radius 3 is 2.35 bits per heavy atom. The fraction of sp³-hybridized carbons (Fsp3) is 0.417. The van der Waals surface area contributed by atoms with E-state index in [9.17, 15) is 0 Å². The van der Waals surface area contributed by atoms with E-state index in [-0.39, 0.29) is 5.54 Å². The summed E-state index contributed by atoms with van der Waals surface area (Å²) in [4.78, 5) is 1.45. The molecule has 2 aromatic rings. The van der Waals surface area contributed by atoms with Crippen molar-refractivity contribution in [1.82, 2.24) is 20.2 Å². The number of hydrogen-bond donors (Lipinski definition) is 1. The number of aromatic nitrogens is 4. The van der Waals surface area contributed by atoms with Gasteiger partial charge in [0.2, 0.25) is 5.82 Å². The van der Waals surface area contributed by atoms with Crippen LogP contribution in [0.2, 0.25) is 0 Å². The molecule has 1 aromatic heterocycles. The smallest absolute Gasteiger partial charge is 0.204 e. The zero-order chi connectivity index (χ0) is 12.5. The number of rotatable bonds is 3. The Bertz CT molecular complexity index is 492. The molecule has 0 atom stereocenters. The van der Waals surface area contributed by atoms with Gasteiger partial charge in [0.05, 0.1) is 7.05 Å². The zero-order valence-electron chi connectivity index (χ0n) is 10.4. The summed E-state index contributed by atoms with van der Waals surface area (Å²) in [7, 11) is 1.75. The molecule has 0 unspecified atom stereocenters. The second-order valence-corrected chi connectivity index (χ2v) is 4.96. The first kappa shape index (κ1) is 11.7. The Morgan fingerprint density at radius 1 is 1.24 bits per heavy atom. The first-order chi connectivity index (χ1) is 7.94. The number of nitrogens with two attached hydrogens (primary N) is 1. The van der Waals surface area contributed by atoms with Crippen LogP contribution in [-0.4, -0.2) is 25.7 Å². The van der Waals surface area contributed by atoms with Crippen molar-refractivity contribution in [3.8, 4) is 11.4 Å². The first-order valence-electron chi connectivity index (χ1n) is 5.56. The van der Waals surface area contributed by atoms with Gasteiger partial charge < -0.3 is 5.73 Å². The predicted octanol–water partition coefficient (Wildman–Crippen LogP) is 1.16. The molecule has 0 amide bonds. The largest absolute Gasteiger partial charge is 0.325 e. The molecule has 0 bridgehead atoms. The SMILES string of the molecule is Cn1nnc(-c2ccc(CC(C)(C)N)cc2)n1. The molecule has 90 valence electrons. The lowest BCUT2D eigenvalue weighted by Gasteiger charge is -2.18. The molecule has 5 nitrogen and oxygen atoms in total. The Morgan fingerprint density at radius 2 is 1.88 bits per heavy atom. The van der Waals surface area contributed by atoms with E-state index >= 15 is 0 Å². The van der Waals surface area contributed by atoms with Crippen LogP contribution < -0.4 is 5.73 Å². The number of hydrogen-bond acceptors (Lipinski definition) is 4. The maximum absolute atomic E-state index is 5.98. The zero-order valence-corrected chi connectivity index (χ0v) is 10.4. The van der Waals surface area contributed by atoms with Gasteiger partial charge in [0, 0.05) is 11.1 Å². The second-order valence-electron chi connectivity index (χ2n) is 4.96. The van der Waals surface area contributed by atoms with Crippen molar-refractivity contribution >= 4 is 0 Å². The molecule has 0 radical (unpaired) electrons. The number of tetrazole rings is 1. The second kappa shape index (κ2) is 4.25. The maximum atomic E-state index is 5.98. The van der Waals surface area contributed by atoms with Gasteiger partial charge in [0.25, 0.3) is 0 Å². The number of nitrogens with zero attached hydrogens (tertiary/aromatic N) is 4. The fourth-order valence-corrected chi connectivity index (χ4v) is 1.70. The van der Waals surface area contributed by atoms with Gasteiger partial charge in [-0.3, -0.25) is 0 Å². The average Bonchev–Trinajstić information content (AvgIpc) is 2.63. The maximum Gasteiger partial charge on any atom is 0.204 e. The molecular weight excluding hydrogens is 214 g/mol. The molecule has 0 aliphatic rings. The minimum Gasteiger partial charge on any atom is -0.325 e. The predicted molar refractivity (Wildman–Crippen MR) is 66.2 cm³/mol. The van der Waals surface area contributed by atoms with Crippen molar-refractivity contribution in [3.63, 3.8) is 0 Å². The van der Waals surface area contributed by atoms with E-state index in [2.05, 4.69) is 27.5 Å². The lowest BCUT2D eigenvalue weighted by molar-refractivity contribution is 0.517. The Balaban J connectivity index is 2.19. The van der Waals surface area contributed by atoms with E-state index < -0.39 is 0 Å². The summed E-state index contributed by atoms with van der Waals surface area (Å²) in [5, 5.41) is 11.9. The highest BCUT2D eigenvalue weighted by Gasteiger charge is 2.12. The molecule has 0 spiro atoms. The van der Waals surface area contributed by atoms with E-state index in [1.165, 1.54) is 10.4 Å². The summed E-state index contributed by atoms with van der Waals surface area (Å²) in [6, 6.07) is 8.11. The van der Waals surface area contributed by atoms with Crippen molar-refractivity contribution in [2.45, 2.75) is 25.8 Å². The van der Waals surface area contributed by atoms with Crippen LogP contribution in [0.15, 0.2) is 24.3 Å². The van der Waals surface area contributed by atoms with Crippen molar-refractivity contribution in [2.75, 3.05) is 0 Å². The summed E-state index contributed by atoms with van der Waals surface area (Å²) in [6.45, 7) is 4.04. The van der Waals surface area contributed by atoms with Gasteiger partial charge in [-0.15, -0.1) is 10.2 Å². The van der Waals surface area contributed by atoms with Crippen molar-refractivity contribution in [1.29, 1.82) is 0 Å². The van der Waals surface area contributed by atoms with Crippen molar-refractivity contribution < 1.29 is 0 Å². The lowest BCUT2D eigenvalue weighted by atomic mass is 9.95. The highest BCUT2D eigenvalue weighted by molar-refractivity contribution is 5.54. The van der Waals surface area contributed by atoms with Crippen LogP contribution in [0.1, 0.15) is 19.4 Å². The van der Waals surface area contributed by atoms with E-state index in [1.54, 1.807) is 7.05 Å². The van der Waals surface area contributed by atoms with Gasteiger partial charge in [-0.1, -0.05) is 24.3 Å². The minimum atomic E-state index is -0.188. The Hall–Kier alpha value is -1.75. The third-order valence-corrected chi connectivity index (χ3v) is 2.38. The highest BCUT2D eigenvalue weighted by Crippen LogP contribution is 2.16. The monoisotopic (exact) mass is 231 g/mol. The average molecular weight is 231 g/mol. The summed E-state index contributed by atoms with van der Waals surface area (Å²) in [5.41, 5.74) is 7.98. The molecule has 2 N–H and O–H groups in total. The van der Waals surface area contributed by atoms with Gasteiger partial charge in [-0.2, -0.15) is 4.80 Å². The van der Waals surface area contributed by atoms with Gasteiger partial charge in [0.1, 0.15) is 0 Å². The van der Waals surface area contributed by atoms with Gasteiger partial charge in [-0.25, -0.2) is 0 Å². The van der Waals surface area contributed by atoms with Gasteiger partial charge in [-0.05, 0) is 31.0 Å². The molecule has 5 heteroatoms. The third kappa shape index (κ3) is 3.10. The lowest BCUT2D eigenvalue weighted by Crippen LogP contribution is -2.34. The topological polar surface area (TPSA) is 69.6 Å². The molecule has 1 aromatic carbocycles. The van der Waals surface area contributed by atoms with Crippen molar-refractivity contribution in [2.24, 2.45) is 12.8 Å². The summed E-state index contributed by atoms with van der Waals surface area (Å²) < 4.78 is 0. The normalized spacial score (nSPS) is 11.8. The standard InChI is InChI=1S/C12H17N5/c1-12(2,13)8-9-4-6-10(7-5-9)11-14-16-17(3)15-11/h4-7H,8,13H2,1-3H3. The van der Waals surface area contributed by atoms with Crippen LogP contribution in [0.3, 0.4) is 0 Å². The molecular formula is C12H17N5. The van der Waals surface area contributed by atoms with Crippen LogP contribution >= 0.6 is 0 Å². The van der Waals surface area contributed by atoms with E-state index in [4.69, 9.17) is 5.73 Å². The molecule has 17 heavy (non-hydrogen) atoms. The van der Waals surface area contributed by atoms with Crippen molar-refractivity contribution in [3.05, 3.63) is 29.8 Å². The Labute approximate surface area is 101 Å². The summed E-state index contributed by atoms with van der Waals surface area (Å²) >= 11 is 0. The quantitative estimate of drug-likeness (QED) is 0.860. The van der Waals surface area contributed by atoms with Gasteiger partial charge in [0.15, 0.2) is 0 Å². The first-order valence-corrected chi connectivity index (χ1v) is 5.56. The van der Waals surface area contributed by atoms with E-state index in [0.717, 1.165) is 12.0 Å². The molecule has 0 fully saturated rings. The summed E-state index contributed by atoms with van der Waals surface area (Å²) in [6.07, 6.45) is 0.848. The summed E-state index contributed by atoms with van der Waals surface area (Å²) in [5.74, 6) is 0.644. The number of benzene rings is 1. The van der Waals surface area contributed by atoms with E-state index in [0.29, 0.717) is 5.82 Å². The number of aryl methyl sites for hydroxylation is 1. The highest BCUT2D eigenvalue weighted by atomic mass is 15.6. The third-order valence-electron chi connectivity index (χ3n) is 2.38. The Kier molecular flexibility index (Phi) is 2.93. The van der Waals surface area contributed by atoms with Crippen LogP contribution in [0, 0.1) is 0 Å².